The Morgan fingerprint density at radius 3 is 2.76 bits per heavy atom. The van der Waals surface area contributed by atoms with Gasteiger partial charge in [-0.1, -0.05) is 24.9 Å². The van der Waals surface area contributed by atoms with Crippen molar-refractivity contribution in [2.24, 2.45) is 0 Å². The smallest absolute Gasteiger partial charge is 0.247 e. The first-order valence-electron chi connectivity index (χ1n) is 7.44. The number of benzene rings is 1. The maximum atomic E-state index is 13.0. The van der Waals surface area contributed by atoms with Crippen molar-refractivity contribution in [3.05, 3.63) is 23.2 Å². The van der Waals surface area contributed by atoms with Crippen LogP contribution < -0.4 is 4.74 Å². The van der Waals surface area contributed by atoms with Gasteiger partial charge in [-0.2, -0.15) is 4.31 Å². The van der Waals surface area contributed by atoms with Gasteiger partial charge in [0.2, 0.25) is 10.0 Å². The summed E-state index contributed by atoms with van der Waals surface area (Å²) in [5.74, 6) is 0.377. The minimum atomic E-state index is -3.57. The Hall–Kier alpha value is -0.780. The van der Waals surface area contributed by atoms with Crippen LogP contribution in [0.3, 0.4) is 0 Å². The summed E-state index contributed by atoms with van der Waals surface area (Å²) in [7, 11) is -3.57. The monoisotopic (exact) mass is 331 g/mol. The number of hydrogen-bond donors (Lipinski definition) is 0. The lowest BCUT2D eigenvalue weighted by Gasteiger charge is -2.34. The van der Waals surface area contributed by atoms with Crippen LogP contribution in [0.15, 0.2) is 23.1 Å². The van der Waals surface area contributed by atoms with Crippen LogP contribution in [0.4, 0.5) is 0 Å². The molecule has 1 aliphatic heterocycles. The van der Waals surface area contributed by atoms with Gasteiger partial charge in [0.05, 0.1) is 6.61 Å². The van der Waals surface area contributed by atoms with Gasteiger partial charge >= 0.3 is 0 Å². The molecule has 0 aliphatic carbocycles. The quantitative estimate of drug-likeness (QED) is 0.826. The summed E-state index contributed by atoms with van der Waals surface area (Å²) in [6, 6.07) is 4.84. The first-order chi connectivity index (χ1) is 10.0. The van der Waals surface area contributed by atoms with Crippen molar-refractivity contribution in [2.75, 3.05) is 13.2 Å². The molecule has 1 aromatic carbocycles. The van der Waals surface area contributed by atoms with Gasteiger partial charge < -0.3 is 4.74 Å². The van der Waals surface area contributed by atoms with Gasteiger partial charge in [0.1, 0.15) is 10.6 Å². The highest BCUT2D eigenvalue weighted by Crippen LogP contribution is 2.33. The van der Waals surface area contributed by atoms with Crippen LogP contribution in [-0.4, -0.2) is 31.9 Å². The molecule has 0 bridgehead atoms. The molecule has 0 radical (unpaired) electrons. The van der Waals surface area contributed by atoms with Gasteiger partial charge in [0, 0.05) is 17.6 Å². The molecule has 0 aromatic heterocycles. The summed E-state index contributed by atoms with van der Waals surface area (Å²) in [6.45, 7) is 4.85. The van der Waals surface area contributed by atoms with E-state index in [1.54, 1.807) is 16.4 Å². The molecule has 4 nitrogen and oxygen atoms in total. The summed E-state index contributed by atoms with van der Waals surface area (Å²) in [5.41, 5.74) is 0. The Morgan fingerprint density at radius 2 is 2.10 bits per heavy atom. The van der Waals surface area contributed by atoms with Crippen molar-refractivity contribution in [3.63, 3.8) is 0 Å². The third kappa shape index (κ3) is 3.52. The van der Waals surface area contributed by atoms with Crippen LogP contribution in [0.25, 0.3) is 0 Å². The molecule has 21 heavy (non-hydrogen) atoms. The molecule has 0 spiro atoms. The van der Waals surface area contributed by atoms with Crippen LogP contribution in [0.5, 0.6) is 5.75 Å². The summed E-state index contributed by atoms with van der Waals surface area (Å²) in [5, 5.41) is 0.405. The highest BCUT2D eigenvalue weighted by Gasteiger charge is 2.34. The summed E-state index contributed by atoms with van der Waals surface area (Å²) < 4.78 is 33.1. The van der Waals surface area contributed by atoms with Gasteiger partial charge in [0.15, 0.2) is 0 Å². The maximum absolute atomic E-state index is 13.0. The first kappa shape index (κ1) is 16.6. The van der Waals surface area contributed by atoms with Crippen LogP contribution in [0.1, 0.15) is 39.5 Å². The zero-order chi connectivity index (χ0) is 15.5. The minimum absolute atomic E-state index is 0.0669. The molecular weight excluding hydrogens is 310 g/mol. The van der Waals surface area contributed by atoms with Crippen molar-refractivity contribution < 1.29 is 13.2 Å². The third-order valence-corrected chi connectivity index (χ3v) is 6.04. The molecule has 6 heteroatoms. The summed E-state index contributed by atoms with van der Waals surface area (Å²) in [6.07, 6.45) is 3.72. The van der Waals surface area contributed by atoms with Crippen molar-refractivity contribution >= 4 is 21.6 Å². The highest BCUT2D eigenvalue weighted by molar-refractivity contribution is 7.89. The average molecular weight is 332 g/mol. The van der Waals surface area contributed by atoms with E-state index in [1.807, 2.05) is 13.8 Å². The number of hydrogen-bond acceptors (Lipinski definition) is 3. The Kier molecular flexibility index (Phi) is 5.52. The molecule has 0 unspecified atom stereocenters. The molecule has 0 saturated carbocycles. The van der Waals surface area contributed by atoms with E-state index in [9.17, 15) is 8.42 Å². The highest BCUT2D eigenvalue weighted by atomic mass is 35.5. The van der Waals surface area contributed by atoms with Crippen LogP contribution in [0.2, 0.25) is 5.02 Å². The second-order valence-electron chi connectivity index (χ2n) is 5.20. The second-order valence-corrected chi connectivity index (χ2v) is 7.49. The Balaban J connectivity index is 2.45. The van der Waals surface area contributed by atoms with E-state index in [-0.39, 0.29) is 10.9 Å². The van der Waals surface area contributed by atoms with Crippen LogP contribution in [0, 0.1) is 0 Å². The first-order valence-corrected chi connectivity index (χ1v) is 9.26. The van der Waals surface area contributed by atoms with E-state index in [0.717, 1.165) is 25.7 Å². The largest absolute Gasteiger partial charge is 0.492 e. The standard InChI is InChI=1S/C15H22ClNO3S/c1-3-13-7-5-6-10-17(13)21(18,19)15-11-12(16)8-9-14(15)20-4-2/h8-9,11,13H,3-7,10H2,1-2H3/t13-/m0/s1. The molecule has 118 valence electrons. The van der Waals surface area contributed by atoms with Gasteiger partial charge in [0.25, 0.3) is 0 Å². The molecule has 1 heterocycles. The van der Waals surface area contributed by atoms with E-state index in [4.69, 9.17) is 16.3 Å². The third-order valence-electron chi connectivity index (χ3n) is 3.84. The maximum Gasteiger partial charge on any atom is 0.247 e. The van der Waals surface area contributed by atoms with Crippen molar-refractivity contribution in [1.29, 1.82) is 0 Å². The number of halogens is 1. The number of rotatable bonds is 5. The lowest BCUT2D eigenvalue weighted by molar-refractivity contribution is 0.245. The predicted molar refractivity (Wildman–Crippen MR) is 84.4 cm³/mol. The molecule has 1 aromatic rings. The molecule has 0 N–H and O–H groups in total. The zero-order valence-electron chi connectivity index (χ0n) is 12.5. The number of nitrogens with zero attached hydrogens (tertiary/aromatic N) is 1. The van der Waals surface area contributed by atoms with E-state index in [1.165, 1.54) is 6.07 Å². The fourth-order valence-electron chi connectivity index (χ4n) is 2.78. The zero-order valence-corrected chi connectivity index (χ0v) is 14.1. The lowest BCUT2D eigenvalue weighted by atomic mass is 10.0. The van der Waals surface area contributed by atoms with Gasteiger partial charge in [-0.3, -0.25) is 0 Å². The summed E-state index contributed by atoms with van der Waals surface area (Å²) >= 11 is 5.99. The Morgan fingerprint density at radius 1 is 1.33 bits per heavy atom. The normalized spacial score (nSPS) is 20.4. The number of sulfonamides is 1. The van der Waals surface area contributed by atoms with Gasteiger partial charge in [-0.05, 0) is 44.4 Å². The molecule has 1 fully saturated rings. The van der Waals surface area contributed by atoms with E-state index in [2.05, 4.69) is 0 Å². The molecule has 1 aliphatic rings. The Labute approximate surface area is 132 Å². The SMILES string of the molecule is CCOc1ccc(Cl)cc1S(=O)(=O)N1CCCC[C@@H]1CC. The molecular formula is C15H22ClNO3S. The van der Waals surface area contributed by atoms with Crippen molar-refractivity contribution in [1.82, 2.24) is 4.31 Å². The van der Waals surface area contributed by atoms with E-state index in [0.29, 0.717) is 23.9 Å². The van der Waals surface area contributed by atoms with Crippen LogP contribution >= 0.6 is 11.6 Å². The van der Waals surface area contributed by atoms with Gasteiger partial charge in [-0.15, -0.1) is 0 Å². The molecule has 2 rings (SSSR count). The molecule has 1 atom stereocenters. The predicted octanol–water partition coefficient (Wildman–Crippen LogP) is 3.69. The van der Waals surface area contributed by atoms with E-state index < -0.39 is 10.0 Å². The van der Waals surface area contributed by atoms with E-state index >= 15 is 0 Å². The average Bonchev–Trinajstić information content (AvgIpc) is 2.49. The second kappa shape index (κ2) is 6.99. The number of piperidine rings is 1. The fraction of sp³-hybridized carbons (Fsp3) is 0.600. The fourth-order valence-corrected chi connectivity index (χ4v) is 4.95. The van der Waals surface area contributed by atoms with Crippen molar-refractivity contribution in [2.45, 2.75) is 50.5 Å². The topological polar surface area (TPSA) is 46.6 Å². The molecule has 1 saturated heterocycles. The Bertz CT molecular complexity index is 589. The molecule has 0 amide bonds. The summed E-state index contributed by atoms with van der Waals surface area (Å²) in [4.78, 5) is 0.178. The minimum Gasteiger partial charge on any atom is -0.492 e. The van der Waals surface area contributed by atoms with Gasteiger partial charge in [-0.25, -0.2) is 8.42 Å². The lowest BCUT2D eigenvalue weighted by Crippen LogP contribution is -2.43. The van der Waals surface area contributed by atoms with Crippen LogP contribution in [-0.2, 0) is 10.0 Å². The number of ether oxygens (including phenoxy) is 1. The van der Waals surface area contributed by atoms with Crippen molar-refractivity contribution in [3.8, 4) is 5.75 Å².